The largest absolute Gasteiger partial charge is 0.396 e. The van der Waals surface area contributed by atoms with Gasteiger partial charge in [0.05, 0.1) is 0 Å². The van der Waals surface area contributed by atoms with E-state index in [1.54, 1.807) is 0 Å². The molecule has 0 heterocycles. The summed E-state index contributed by atoms with van der Waals surface area (Å²) in [6.45, 7) is 3.60. The summed E-state index contributed by atoms with van der Waals surface area (Å²) in [4.78, 5) is 0. The van der Waals surface area contributed by atoms with E-state index in [1.165, 1.54) is 25.7 Å². The maximum Gasteiger partial charge on any atom is 0.0434 e. The Hall–Kier alpha value is -0.120. The quantitative estimate of drug-likeness (QED) is 0.621. The molecule has 0 aromatic heterocycles. The lowest BCUT2D eigenvalue weighted by atomic mass is 9.91. The standard InChI is InChI=1S/C13H28N2O/c1-2-3-11(8-9-16)10-15-13-6-4-12(14)5-7-13/h11-13,15-16H,2-10,14H2,1H3. The van der Waals surface area contributed by atoms with E-state index in [-0.39, 0.29) is 0 Å². The van der Waals surface area contributed by atoms with Gasteiger partial charge in [-0.05, 0) is 51.0 Å². The van der Waals surface area contributed by atoms with E-state index in [0.717, 1.165) is 25.8 Å². The summed E-state index contributed by atoms with van der Waals surface area (Å²) in [6, 6.07) is 1.10. The Morgan fingerprint density at radius 3 is 2.50 bits per heavy atom. The highest BCUT2D eigenvalue weighted by Crippen LogP contribution is 2.18. The van der Waals surface area contributed by atoms with Crippen molar-refractivity contribution in [1.82, 2.24) is 5.32 Å². The number of hydrogen-bond donors (Lipinski definition) is 3. The lowest BCUT2D eigenvalue weighted by Gasteiger charge is -2.28. The molecule has 1 unspecified atom stereocenters. The Morgan fingerprint density at radius 2 is 1.94 bits per heavy atom. The van der Waals surface area contributed by atoms with Gasteiger partial charge in [-0.15, -0.1) is 0 Å². The molecule has 0 spiro atoms. The van der Waals surface area contributed by atoms with Gasteiger partial charge in [0.2, 0.25) is 0 Å². The third-order valence-electron chi connectivity index (χ3n) is 3.70. The average molecular weight is 228 g/mol. The molecule has 3 nitrogen and oxygen atoms in total. The van der Waals surface area contributed by atoms with Crippen molar-refractivity contribution < 1.29 is 5.11 Å². The molecule has 1 fully saturated rings. The second-order valence-corrected chi connectivity index (χ2v) is 5.19. The fourth-order valence-corrected chi connectivity index (χ4v) is 2.60. The van der Waals surface area contributed by atoms with E-state index < -0.39 is 0 Å². The second-order valence-electron chi connectivity index (χ2n) is 5.19. The molecule has 1 rings (SSSR count). The molecule has 0 aliphatic heterocycles. The van der Waals surface area contributed by atoms with Crippen LogP contribution in [0.15, 0.2) is 0 Å². The maximum atomic E-state index is 8.99. The van der Waals surface area contributed by atoms with Crippen LogP contribution < -0.4 is 11.1 Å². The number of hydrogen-bond acceptors (Lipinski definition) is 3. The van der Waals surface area contributed by atoms with E-state index in [1.807, 2.05) is 0 Å². The van der Waals surface area contributed by atoms with Gasteiger partial charge in [-0.3, -0.25) is 0 Å². The molecule has 1 saturated carbocycles. The molecule has 16 heavy (non-hydrogen) atoms. The van der Waals surface area contributed by atoms with Crippen LogP contribution in [0.5, 0.6) is 0 Å². The van der Waals surface area contributed by atoms with Crippen molar-refractivity contribution in [3.63, 3.8) is 0 Å². The summed E-state index contributed by atoms with van der Waals surface area (Å²) in [6.07, 6.45) is 8.14. The predicted molar refractivity (Wildman–Crippen MR) is 68.3 cm³/mol. The molecule has 96 valence electrons. The molecule has 4 N–H and O–H groups in total. The zero-order chi connectivity index (χ0) is 11.8. The molecule has 3 heteroatoms. The summed E-state index contributed by atoms with van der Waals surface area (Å²) in [5.41, 5.74) is 5.89. The lowest BCUT2D eigenvalue weighted by Crippen LogP contribution is -2.39. The van der Waals surface area contributed by atoms with Crippen molar-refractivity contribution in [1.29, 1.82) is 0 Å². The van der Waals surface area contributed by atoms with Crippen LogP contribution in [-0.4, -0.2) is 30.3 Å². The monoisotopic (exact) mass is 228 g/mol. The number of aliphatic hydroxyl groups is 1. The van der Waals surface area contributed by atoms with Crippen LogP contribution in [0.2, 0.25) is 0 Å². The van der Waals surface area contributed by atoms with E-state index in [4.69, 9.17) is 10.8 Å². The molecule has 1 aliphatic rings. The van der Waals surface area contributed by atoms with Crippen LogP contribution in [0.3, 0.4) is 0 Å². The summed E-state index contributed by atoms with van der Waals surface area (Å²) in [5, 5.41) is 12.6. The zero-order valence-corrected chi connectivity index (χ0v) is 10.6. The molecule has 0 amide bonds. The normalized spacial score (nSPS) is 27.9. The molecule has 0 bridgehead atoms. The van der Waals surface area contributed by atoms with Gasteiger partial charge in [0.25, 0.3) is 0 Å². The van der Waals surface area contributed by atoms with Gasteiger partial charge in [0.15, 0.2) is 0 Å². The first-order chi connectivity index (χ1) is 7.76. The van der Waals surface area contributed by atoms with Gasteiger partial charge in [-0.25, -0.2) is 0 Å². The highest BCUT2D eigenvalue weighted by Gasteiger charge is 2.18. The summed E-state index contributed by atoms with van der Waals surface area (Å²) >= 11 is 0. The average Bonchev–Trinajstić information content (AvgIpc) is 2.29. The first kappa shape index (κ1) is 13.9. The highest BCUT2D eigenvalue weighted by molar-refractivity contribution is 4.79. The van der Waals surface area contributed by atoms with Crippen molar-refractivity contribution >= 4 is 0 Å². The fraction of sp³-hybridized carbons (Fsp3) is 1.00. The first-order valence-corrected chi connectivity index (χ1v) is 6.86. The third kappa shape index (κ3) is 5.28. The number of aliphatic hydroxyl groups excluding tert-OH is 1. The van der Waals surface area contributed by atoms with E-state index in [0.29, 0.717) is 24.6 Å². The molecular weight excluding hydrogens is 200 g/mol. The SMILES string of the molecule is CCCC(CCO)CNC1CCC(N)CC1. The van der Waals surface area contributed by atoms with Crippen LogP contribution >= 0.6 is 0 Å². The lowest BCUT2D eigenvalue weighted by molar-refractivity contribution is 0.239. The first-order valence-electron chi connectivity index (χ1n) is 6.86. The number of nitrogens with one attached hydrogen (secondary N) is 1. The van der Waals surface area contributed by atoms with Gasteiger partial charge in [0.1, 0.15) is 0 Å². The van der Waals surface area contributed by atoms with Gasteiger partial charge in [0, 0.05) is 18.7 Å². The maximum absolute atomic E-state index is 8.99. The molecular formula is C13H28N2O. The molecule has 0 aromatic carbocycles. The minimum Gasteiger partial charge on any atom is -0.396 e. The Bertz CT molecular complexity index is 161. The van der Waals surface area contributed by atoms with E-state index in [9.17, 15) is 0 Å². The molecule has 1 aliphatic carbocycles. The van der Waals surface area contributed by atoms with Gasteiger partial charge in [-0.2, -0.15) is 0 Å². The van der Waals surface area contributed by atoms with Crippen molar-refractivity contribution in [3.8, 4) is 0 Å². The molecule has 0 saturated heterocycles. The molecule has 0 aromatic rings. The Balaban J connectivity index is 2.15. The third-order valence-corrected chi connectivity index (χ3v) is 3.70. The van der Waals surface area contributed by atoms with Gasteiger partial charge < -0.3 is 16.2 Å². The minimum absolute atomic E-state index is 0.321. The number of nitrogens with two attached hydrogens (primary N) is 1. The Morgan fingerprint density at radius 1 is 1.25 bits per heavy atom. The van der Waals surface area contributed by atoms with E-state index >= 15 is 0 Å². The summed E-state index contributed by atoms with van der Waals surface area (Å²) in [7, 11) is 0. The Labute approximate surface area is 99.8 Å². The smallest absolute Gasteiger partial charge is 0.0434 e. The minimum atomic E-state index is 0.321. The van der Waals surface area contributed by atoms with Crippen molar-refractivity contribution in [2.75, 3.05) is 13.2 Å². The van der Waals surface area contributed by atoms with E-state index in [2.05, 4.69) is 12.2 Å². The molecule has 0 radical (unpaired) electrons. The van der Waals surface area contributed by atoms with Crippen molar-refractivity contribution in [3.05, 3.63) is 0 Å². The fourth-order valence-electron chi connectivity index (χ4n) is 2.60. The zero-order valence-electron chi connectivity index (χ0n) is 10.6. The van der Waals surface area contributed by atoms with Crippen LogP contribution in [0.1, 0.15) is 51.9 Å². The highest BCUT2D eigenvalue weighted by atomic mass is 16.3. The summed E-state index contributed by atoms with van der Waals surface area (Å²) in [5.74, 6) is 0.644. The van der Waals surface area contributed by atoms with Gasteiger partial charge >= 0.3 is 0 Å². The van der Waals surface area contributed by atoms with Crippen molar-refractivity contribution in [2.24, 2.45) is 11.7 Å². The van der Waals surface area contributed by atoms with Crippen LogP contribution in [0.25, 0.3) is 0 Å². The topological polar surface area (TPSA) is 58.3 Å². The van der Waals surface area contributed by atoms with Crippen molar-refractivity contribution in [2.45, 2.75) is 64.0 Å². The van der Waals surface area contributed by atoms with Crippen LogP contribution in [0.4, 0.5) is 0 Å². The van der Waals surface area contributed by atoms with Gasteiger partial charge in [-0.1, -0.05) is 13.3 Å². The predicted octanol–water partition coefficient (Wildman–Crippen LogP) is 1.64. The second kappa shape index (κ2) is 8.04. The summed E-state index contributed by atoms with van der Waals surface area (Å²) < 4.78 is 0. The molecule has 1 atom stereocenters. The number of rotatable bonds is 7. The van der Waals surface area contributed by atoms with Crippen LogP contribution in [-0.2, 0) is 0 Å². The Kier molecular flexibility index (Phi) is 7.01. The van der Waals surface area contributed by atoms with Crippen LogP contribution in [0, 0.1) is 5.92 Å².